The molecule has 2 N–H and O–H groups in total. The fraction of sp³-hybridized carbons (Fsp3) is 0.533. The molecule has 0 unspecified atom stereocenters. The summed E-state index contributed by atoms with van der Waals surface area (Å²) in [5.41, 5.74) is 1.02. The molecule has 1 heterocycles. The first-order valence-electron chi connectivity index (χ1n) is 7.56. The van der Waals surface area contributed by atoms with E-state index in [1.165, 1.54) is 6.26 Å². The van der Waals surface area contributed by atoms with Crippen LogP contribution < -0.4 is 20.1 Å². The van der Waals surface area contributed by atoms with Gasteiger partial charge in [0.25, 0.3) is 0 Å². The van der Waals surface area contributed by atoms with E-state index in [4.69, 9.17) is 9.47 Å². The van der Waals surface area contributed by atoms with Gasteiger partial charge in [0.2, 0.25) is 6.79 Å². The zero-order valence-electron chi connectivity index (χ0n) is 13.5. The van der Waals surface area contributed by atoms with Crippen LogP contribution in [0.2, 0.25) is 0 Å². The molecule has 1 aromatic carbocycles. The van der Waals surface area contributed by atoms with Crippen LogP contribution in [0, 0.1) is 0 Å². The lowest BCUT2D eigenvalue weighted by molar-refractivity contribution is 0.174. The summed E-state index contributed by atoms with van der Waals surface area (Å²) in [6.07, 6.45) is 1.79. The van der Waals surface area contributed by atoms with Gasteiger partial charge in [0, 0.05) is 19.3 Å². The maximum absolute atomic E-state index is 11.1. The van der Waals surface area contributed by atoms with Crippen LogP contribution >= 0.6 is 0 Å². The second-order valence-corrected chi connectivity index (χ2v) is 7.55. The van der Waals surface area contributed by atoms with E-state index in [2.05, 4.69) is 15.6 Å². The third kappa shape index (κ3) is 5.97. The van der Waals surface area contributed by atoms with Crippen LogP contribution in [0.4, 0.5) is 0 Å². The summed E-state index contributed by atoms with van der Waals surface area (Å²) in [7, 11) is -2.92. The van der Waals surface area contributed by atoms with Crippen LogP contribution in [0.15, 0.2) is 23.2 Å². The Morgan fingerprint density at radius 2 is 2.04 bits per heavy atom. The molecule has 128 valence electrons. The summed E-state index contributed by atoms with van der Waals surface area (Å²) < 4.78 is 32.8. The maximum atomic E-state index is 11.1. The lowest BCUT2D eigenvalue weighted by atomic mass is 10.2. The van der Waals surface area contributed by atoms with Crippen molar-refractivity contribution in [3.05, 3.63) is 23.8 Å². The van der Waals surface area contributed by atoms with E-state index in [-0.39, 0.29) is 12.5 Å². The molecule has 8 heteroatoms. The van der Waals surface area contributed by atoms with Crippen LogP contribution in [-0.4, -0.2) is 46.3 Å². The van der Waals surface area contributed by atoms with E-state index in [0.29, 0.717) is 25.5 Å². The maximum Gasteiger partial charge on any atom is 0.231 e. The van der Waals surface area contributed by atoms with E-state index < -0.39 is 9.84 Å². The molecule has 0 saturated carbocycles. The fourth-order valence-electron chi connectivity index (χ4n) is 2.09. The van der Waals surface area contributed by atoms with Crippen molar-refractivity contribution in [3.8, 4) is 11.5 Å². The zero-order valence-corrected chi connectivity index (χ0v) is 14.3. The van der Waals surface area contributed by atoms with Crippen LogP contribution in [0.1, 0.15) is 18.9 Å². The van der Waals surface area contributed by atoms with Gasteiger partial charge in [-0.1, -0.05) is 6.07 Å². The summed E-state index contributed by atoms with van der Waals surface area (Å²) in [6.45, 7) is 4.03. The number of ether oxygens (including phenoxy) is 2. The van der Waals surface area contributed by atoms with Gasteiger partial charge in [-0.25, -0.2) is 13.4 Å². The molecule has 0 spiro atoms. The van der Waals surface area contributed by atoms with Crippen LogP contribution in [0.5, 0.6) is 11.5 Å². The molecule has 0 atom stereocenters. The summed E-state index contributed by atoms with van der Waals surface area (Å²) in [5, 5.41) is 6.27. The molecule has 0 aliphatic carbocycles. The quantitative estimate of drug-likeness (QED) is 0.435. The largest absolute Gasteiger partial charge is 0.454 e. The van der Waals surface area contributed by atoms with Gasteiger partial charge < -0.3 is 20.1 Å². The number of hydrogen-bond acceptors (Lipinski definition) is 5. The van der Waals surface area contributed by atoms with Crippen molar-refractivity contribution in [1.82, 2.24) is 10.6 Å². The van der Waals surface area contributed by atoms with E-state index in [1.54, 1.807) is 0 Å². The Hall–Kier alpha value is -1.96. The highest BCUT2D eigenvalue weighted by Crippen LogP contribution is 2.32. The Balaban J connectivity index is 1.88. The summed E-state index contributed by atoms with van der Waals surface area (Å²) in [5.74, 6) is 2.33. The number of benzene rings is 1. The lowest BCUT2D eigenvalue weighted by Gasteiger charge is -2.11. The number of hydrogen-bond donors (Lipinski definition) is 2. The van der Waals surface area contributed by atoms with Gasteiger partial charge in [-0.15, -0.1) is 0 Å². The van der Waals surface area contributed by atoms with Crippen molar-refractivity contribution >= 4 is 15.8 Å². The Morgan fingerprint density at radius 1 is 1.26 bits per heavy atom. The van der Waals surface area contributed by atoms with E-state index in [1.807, 2.05) is 25.1 Å². The van der Waals surface area contributed by atoms with Crippen LogP contribution in [-0.2, 0) is 16.4 Å². The van der Waals surface area contributed by atoms with Gasteiger partial charge >= 0.3 is 0 Å². The smallest absolute Gasteiger partial charge is 0.231 e. The summed E-state index contributed by atoms with van der Waals surface area (Å²) >= 11 is 0. The topological polar surface area (TPSA) is 89.0 Å². The molecule has 1 aromatic rings. The standard InChI is InChI=1S/C15H23N3O4S/c1-3-16-15(17-7-4-8-23(2,19)20)18-10-12-5-6-13-14(9-12)22-11-21-13/h5-6,9H,3-4,7-8,10-11H2,1-2H3,(H2,16,17,18). The molecule has 0 radical (unpaired) electrons. The van der Waals surface area contributed by atoms with Crippen molar-refractivity contribution < 1.29 is 17.9 Å². The van der Waals surface area contributed by atoms with E-state index in [0.717, 1.165) is 23.6 Å². The molecule has 7 nitrogen and oxygen atoms in total. The average molecular weight is 341 g/mol. The first kappa shape index (κ1) is 17.4. The predicted octanol–water partition coefficient (Wildman–Crippen LogP) is 0.905. The molecular weight excluding hydrogens is 318 g/mol. The van der Waals surface area contributed by atoms with Crippen molar-refractivity contribution in [3.63, 3.8) is 0 Å². The monoisotopic (exact) mass is 341 g/mol. The molecule has 23 heavy (non-hydrogen) atoms. The summed E-state index contributed by atoms with van der Waals surface area (Å²) in [4.78, 5) is 4.49. The average Bonchev–Trinajstić information content (AvgIpc) is 2.95. The predicted molar refractivity (Wildman–Crippen MR) is 89.7 cm³/mol. The summed E-state index contributed by atoms with van der Waals surface area (Å²) in [6, 6.07) is 5.74. The molecule has 0 bridgehead atoms. The fourth-order valence-corrected chi connectivity index (χ4v) is 2.76. The number of guanidine groups is 1. The van der Waals surface area contributed by atoms with Crippen molar-refractivity contribution in [1.29, 1.82) is 0 Å². The Labute approximate surface area is 137 Å². The highest BCUT2D eigenvalue weighted by molar-refractivity contribution is 7.90. The minimum atomic E-state index is -2.92. The molecule has 0 aromatic heterocycles. The third-order valence-electron chi connectivity index (χ3n) is 3.19. The second-order valence-electron chi connectivity index (χ2n) is 5.29. The van der Waals surface area contributed by atoms with Crippen molar-refractivity contribution in [2.75, 3.05) is 31.9 Å². The highest BCUT2D eigenvalue weighted by Gasteiger charge is 2.12. The molecule has 1 aliphatic rings. The highest BCUT2D eigenvalue weighted by atomic mass is 32.2. The van der Waals surface area contributed by atoms with Gasteiger partial charge in [-0.3, -0.25) is 0 Å². The van der Waals surface area contributed by atoms with Gasteiger partial charge in [0.1, 0.15) is 9.84 Å². The van der Waals surface area contributed by atoms with Gasteiger partial charge in [0.15, 0.2) is 17.5 Å². The normalized spacial score (nSPS) is 13.9. The molecule has 1 aliphatic heterocycles. The first-order valence-corrected chi connectivity index (χ1v) is 9.62. The number of aliphatic imine (C=N–C) groups is 1. The number of nitrogens with one attached hydrogen (secondary N) is 2. The molecule has 0 amide bonds. The van der Waals surface area contributed by atoms with Gasteiger partial charge in [-0.05, 0) is 31.0 Å². The SMILES string of the molecule is CCNC(=NCc1ccc2c(c1)OCO2)NCCCS(C)(=O)=O. The van der Waals surface area contributed by atoms with Crippen LogP contribution in [0.3, 0.4) is 0 Å². The third-order valence-corrected chi connectivity index (χ3v) is 4.22. The Bertz CT molecular complexity index is 659. The molecular formula is C15H23N3O4S. The van der Waals surface area contributed by atoms with Crippen molar-refractivity contribution in [2.45, 2.75) is 19.9 Å². The van der Waals surface area contributed by atoms with Crippen molar-refractivity contribution in [2.24, 2.45) is 4.99 Å². The van der Waals surface area contributed by atoms with Crippen LogP contribution in [0.25, 0.3) is 0 Å². The number of fused-ring (bicyclic) bond motifs is 1. The van der Waals surface area contributed by atoms with E-state index in [9.17, 15) is 8.42 Å². The zero-order chi connectivity index (χ0) is 16.7. The number of nitrogens with zero attached hydrogens (tertiary/aromatic N) is 1. The second kappa shape index (κ2) is 8.05. The lowest BCUT2D eigenvalue weighted by Crippen LogP contribution is -2.38. The number of rotatable bonds is 7. The minimum absolute atomic E-state index is 0.168. The molecule has 0 saturated heterocycles. The van der Waals surface area contributed by atoms with Gasteiger partial charge in [0.05, 0.1) is 12.3 Å². The first-order chi connectivity index (χ1) is 11.0. The minimum Gasteiger partial charge on any atom is -0.454 e. The Morgan fingerprint density at radius 3 is 2.78 bits per heavy atom. The number of sulfone groups is 1. The van der Waals surface area contributed by atoms with E-state index >= 15 is 0 Å². The molecule has 0 fully saturated rings. The molecule has 2 rings (SSSR count). The Kier molecular flexibility index (Phi) is 6.09. The van der Waals surface area contributed by atoms with Gasteiger partial charge in [-0.2, -0.15) is 0 Å².